The molecule has 0 aromatic rings. The minimum absolute atomic E-state index is 0.162. The fraction of sp³-hybridized carbons (Fsp3) is 0.389. The van der Waals surface area contributed by atoms with Crippen molar-refractivity contribution in [2.24, 2.45) is 5.92 Å². The Bertz CT molecular complexity index is 722. The summed E-state index contributed by atoms with van der Waals surface area (Å²) in [6.45, 7) is 3.62. The van der Waals surface area contributed by atoms with E-state index >= 15 is 0 Å². The number of ether oxygens (including phenoxy) is 3. The zero-order chi connectivity index (χ0) is 19.4. The van der Waals surface area contributed by atoms with E-state index in [1.165, 1.54) is 26.2 Å². The van der Waals surface area contributed by atoms with E-state index < -0.39 is 23.9 Å². The van der Waals surface area contributed by atoms with Crippen LogP contribution in [0.5, 0.6) is 0 Å². The lowest BCUT2D eigenvalue weighted by molar-refractivity contribution is -0.137. The highest BCUT2D eigenvalue weighted by molar-refractivity contribution is 5.99. The number of nitrogens with zero attached hydrogens (tertiary/aromatic N) is 1. The average Bonchev–Trinajstić information content (AvgIpc) is 2.65. The smallest absolute Gasteiger partial charge is 0.413 e. The quantitative estimate of drug-likeness (QED) is 0.602. The van der Waals surface area contributed by atoms with E-state index in [1.54, 1.807) is 32.2 Å². The molecule has 2 aliphatic heterocycles. The number of methoxy groups -OCH3 is 3. The molecule has 8 heteroatoms. The van der Waals surface area contributed by atoms with Gasteiger partial charge in [0, 0.05) is 23.5 Å². The van der Waals surface area contributed by atoms with Crippen LogP contribution in [0.25, 0.3) is 0 Å². The Hall–Kier alpha value is -3.03. The van der Waals surface area contributed by atoms with Crippen LogP contribution in [0.15, 0.2) is 46.5 Å². The van der Waals surface area contributed by atoms with Crippen molar-refractivity contribution in [1.29, 1.82) is 0 Å². The van der Waals surface area contributed by atoms with Crippen LogP contribution in [0.3, 0.4) is 0 Å². The van der Waals surface area contributed by atoms with Crippen LogP contribution in [-0.2, 0) is 23.8 Å². The Morgan fingerprint density at radius 2 is 1.54 bits per heavy atom. The highest BCUT2D eigenvalue weighted by atomic mass is 16.5. The minimum atomic E-state index is -0.701. The van der Waals surface area contributed by atoms with Crippen LogP contribution in [0, 0.1) is 5.92 Å². The van der Waals surface area contributed by atoms with E-state index in [0.29, 0.717) is 28.1 Å². The van der Waals surface area contributed by atoms with E-state index in [2.05, 4.69) is 5.32 Å². The van der Waals surface area contributed by atoms with Crippen LogP contribution in [0.1, 0.15) is 13.8 Å². The minimum Gasteiger partial charge on any atom is -0.466 e. The Morgan fingerprint density at radius 3 is 2.00 bits per heavy atom. The van der Waals surface area contributed by atoms with Gasteiger partial charge in [0.05, 0.1) is 39.0 Å². The first kappa shape index (κ1) is 19.3. The summed E-state index contributed by atoms with van der Waals surface area (Å²) in [5, 5.41) is 3.03. The zero-order valence-corrected chi connectivity index (χ0v) is 15.4. The first-order chi connectivity index (χ1) is 12.3. The monoisotopic (exact) mass is 362 g/mol. The van der Waals surface area contributed by atoms with Crippen LogP contribution in [0.2, 0.25) is 0 Å². The van der Waals surface area contributed by atoms with Gasteiger partial charge in [-0.3, -0.25) is 4.90 Å². The molecule has 0 unspecified atom stereocenters. The second-order valence-electron chi connectivity index (χ2n) is 5.80. The summed E-state index contributed by atoms with van der Waals surface area (Å²) in [6.07, 6.45) is 4.45. The predicted molar refractivity (Wildman–Crippen MR) is 92.4 cm³/mol. The molecule has 8 nitrogen and oxygen atoms in total. The number of carbonyl (C=O) groups is 3. The fourth-order valence-corrected chi connectivity index (χ4v) is 3.13. The standard InChI is InChI=1S/C18H22N2O6/c1-10-13(16(21)24-3)15(14(11(2)19-10)17(22)25-4)12-7-6-8-20(9-12)18(23)26-5/h6-8,15,19H,9H2,1-5H3. The third-order valence-electron chi connectivity index (χ3n) is 4.28. The number of hydrogen-bond donors (Lipinski definition) is 1. The number of carbonyl (C=O) groups excluding carboxylic acids is 3. The highest BCUT2D eigenvalue weighted by Crippen LogP contribution is 2.37. The molecule has 2 rings (SSSR count). The van der Waals surface area contributed by atoms with Crippen molar-refractivity contribution in [2.45, 2.75) is 13.8 Å². The lowest BCUT2D eigenvalue weighted by atomic mass is 9.79. The summed E-state index contributed by atoms with van der Waals surface area (Å²) in [5.74, 6) is -1.82. The Kier molecular flexibility index (Phi) is 5.86. The number of amides is 1. The van der Waals surface area contributed by atoms with Crippen molar-refractivity contribution in [3.05, 3.63) is 46.5 Å². The third-order valence-corrected chi connectivity index (χ3v) is 4.28. The van der Waals surface area contributed by atoms with Crippen molar-refractivity contribution in [2.75, 3.05) is 27.9 Å². The third kappa shape index (κ3) is 3.49. The van der Waals surface area contributed by atoms with Gasteiger partial charge in [-0.2, -0.15) is 0 Å². The molecule has 2 aliphatic rings. The molecule has 1 amide bonds. The molecule has 0 aromatic heterocycles. The van der Waals surface area contributed by atoms with Crippen LogP contribution >= 0.6 is 0 Å². The van der Waals surface area contributed by atoms with Gasteiger partial charge in [-0.05, 0) is 25.5 Å². The number of esters is 2. The molecule has 26 heavy (non-hydrogen) atoms. The largest absolute Gasteiger partial charge is 0.466 e. The van der Waals surface area contributed by atoms with Gasteiger partial charge in [0.25, 0.3) is 0 Å². The molecule has 140 valence electrons. The van der Waals surface area contributed by atoms with E-state index in [-0.39, 0.29) is 6.54 Å². The van der Waals surface area contributed by atoms with Gasteiger partial charge in [0.15, 0.2) is 0 Å². The van der Waals surface area contributed by atoms with Gasteiger partial charge < -0.3 is 19.5 Å². The van der Waals surface area contributed by atoms with Crippen molar-refractivity contribution in [1.82, 2.24) is 10.2 Å². The summed E-state index contributed by atoms with van der Waals surface area (Å²) >= 11 is 0. The molecule has 0 fully saturated rings. The molecule has 0 atom stereocenters. The van der Waals surface area contributed by atoms with Crippen molar-refractivity contribution in [3.8, 4) is 0 Å². The summed E-state index contributed by atoms with van der Waals surface area (Å²) in [4.78, 5) is 38.1. The number of hydrogen-bond acceptors (Lipinski definition) is 7. The van der Waals surface area contributed by atoms with Crippen molar-refractivity contribution in [3.63, 3.8) is 0 Å². The first-order valence-corrected chi connectivity index (χ1v) is 7.92. The Morgan fingerprint density at radius 1 is 1.00 bits per heavy atom. The van der Waals surface area contributed by atoms with Crippen LogP contribution in [-0.4, -0.2) is 50.8 Å². The molecule has 0 saturated carbocycles. The molecule has 1 N–H and O–H groups in total. The number of allylic oxidation sites excluding steroid dienone is 4. The molecule has 0 aromatic carbocycles. The van der Waals surface area contributed by atoms with Gasteiger partial charge >= 0.3 is 18.0 Å². The van der Waals surface area contributed by atoms with Gasteiger partial charge in [-0.25, -0.2) is 14.4 Å². The molecule has 0 radical (unpaired) electrons. The summed E-state index contributed by atoms with van der Waals surface area (Å²) in [5.41, 5.74) is 2.41. The van der Waals surface area contributed by atoms with Gasteiger partial charge in [0.2, 0.25) is 0 Å². The first-order valence-electron chi connectivity index (χ1n) is 7.92. The van der Waals surface area contributed by atoms with Crippen molar-refractivity contribution >= 4 is 18.0 Å². The fourth-order valence-electron chi connectivity index (χ4n) is 3.13. The lowest BCUT2D eigenvalue weighted by Crippen LogP contribution is -2.38. The molecule has 0 saturated heterocycles. The number of rotatable bonds is 3. The number of dihydropyridines is 1. The van der Waals surface area contributed by atoms with Gasteiger partial charge in [0.1, 0.15) is 0 Å². The molecule has 2 heterocycles. The Balaban J connectivity index is 2.56. The normalized spacial score (nSPS) is 17.6. The summed E-state index contributed by atoms with van der Waals surface area (Å²) in [6, 6.07) is 0. The van der Waals surface area contributed by atoms with Crippen molar-refractivity contribution < 1.29 is 28.6 Å². The highest BCUT2D eigenvalue weighted by Gasteiger charge is 2.39. The molecule has 0 bridgehead atoms. The second kappa shape index (κ2) is 7.90. The predicted octanol–water partition coefficient (Wildman–Crippen LogP) is 1.62. The van der Waals surface area contributed by atoms with E-state index in [9.17, 15) is 14.4 Å². The zero-order valence-electron chi connectivity index (χ0n) is 15.4. The topological polar surface area (TPSA) is 94.2 Å². The molecule has 0 spiro atoms. The van der Waals surface area contributed by atoms with E-state index in [4.69, 9.17) is 14.2 Å². The lowest BCUT2D eigenvalue weighted by Gasteiger charge is -2.33. The van der Waals surface area contributed by atoms with Gasteiger partial charge in [-0.15, -0.1) is 0 Å². The average molecular weight is 362 g/mol. The summed E-state index contributed by atoms with van der Waals surface area (Å²) in [7, 11) is 3.84. The maximum Gasteiger partial charge on any atom is 0.413 e. The SMILES string of the molecule is COC(=O)C1=C(C)NC(C)=C(C(=O)OC)C1C1=CC=CN(C(=O)OC)C1. The second-order valence-corrected chi connectivity index (χ2v) is 5.80. The molecular formula is C18H22N2O6. The maximum absolute atomic E-state index is 12.4. The maximum atomic E-state index is 12.4. The molecule has 0 aliphatic carbocycles. The van der Waals surface area contributed by atoms with Crippen LogP contribution < -0.4 is 5.32 Å². The molecular weight excluding hydrogens is 340 g/mol. The number of nitrogens with one attached hydrogen (secondary N) is 1. The Labute approximate surface area is 151 Å². The van der Waals surface area contributed by atoms with Gasteiger partial charge in [-0.1, -0.05) is 6.08 Å². The van der Waals surface area contributed by atoms with Crippen LogP contribution in [0.4, 0.5) is 4.79 Å². The van der Waals surface area contributed by atoms with E-state index in [1.807, 2.05) is 0 Å². The van der Waals surface area contributed by atoms with E-state index in [0.717, 1.165) is 0 Å². The summed E-state index contributed by atoms with van der Waals surface area (Å²) < 4.78 is 14.6.